The Bertz CT molecular complexity index is 1270. The molecule has 6 rings (SSSR count). The molecule has 248 valence electrons. The maximum atomic E-state index is 4.53. The van der Waals surface area contributed by atoms with Gasteiger partial charge in [-0.15, -0.1) is 11.8 Å². The first-order valence-electron chi connectivity index (χ1n) is 13.6. The van der Waals surface area contributed by atoms with Crippen LogP contribution in [0.25, 0.3) is 5.32 Å². The summed E-state index contributed by atoms with van der Waals surface area (Å²) in [5.74, 6) is 1.07. The van der Waals surface area contributed by atoms with E-state index in [2.05, 4.69) is 116 Å². The third-order valence-corrected chi connectivity index (χ3v) is 5.75. The minimum Gasteiger partial charge on any atom is -0.214 e. The fraction of sp³-hybridized carbons (Fsp3) is 0.105. The van der Waals surface area contributed by atoms with Crippen molar-refractivity contribution in [2.75, 3.05) is 0 Å². The van der Waals surface area contributed by atoms with Crippen molar-refractivity contribution >= 4 is 36.1 Å². The van der Waals surface area contributed by atoms with Gasteiger partial charge < -0.3 is 24.6 Å². The quantitative estimate of drug-likeness (QED) is 0.111. The summed E-state index contributed by atoms with van der Waals surface area (Å²) in [6, 6.07) is 36.4. The van der Waals surface area contributed by atoms with E-state index in [-0.39, 0.29) is 34.1 Å². The second kappa shape index (κ2) is 31.1. The average molecular weight is 916 g/mol. The number of aliphatic imine (C=N–C) groups is 1. The molecule has 0 heterocycles. The van der Waals surface area contributed by atoms with Crippen molar-refractivity contribution in [1.82, 2.24) is 0 Å². The maximum Gasteiger partial charge on any atom is 2.00 e. The van der Waals surface area contributed by atoms with Gasteiger partial charge in [-0.2, -0.15) is 66.1 Å². The second-order valence-electron chi connectivity index (χ2n) is 9.16. The van der Waals surface area contributed by atoms with Gasteiger partial charge in [-0.1, -0.05) is 54.4 Å². The first-order valence-corrected chi connectivity index (χ1v) is 17.6. The van der Waals surface area contributed by atoms with Crippen LogP contribution in [0.3, 0.4) is 0 Å². The zero-order valence-corrected chi connectivity index (χ0v) is 32.7. The van der Waals surface area contributed by atoms with E-state index >= 15 is 0 Å². The Hall–Kier alpha value is -1.23. The predicted octanol–water partition coefficient (Wildman–Crippen LogP) is 11.8. The smallest absolute Gasteiger partial charge is 0.214 e. The van der Waals surface area contributed by atoms with Crippen LogP contribution in [0.4, 0.5) is 11.4 Å². The van der Waals surface area contributed by atoms with Crippen molar-refractivity contribution < 1.29 is 70.5 Å². The molecule has 0 aromatic heterocycles. The third-order valence-electron chi connectivity index (χ3n) is 5.75. The molecule has 46 heavy (non-hydrogen) atoms. The zero-order valence-electron chi connectivity index (χ0n) is 25.8. The van der Waals surface area contributed by atoms with Crippen LogP contribution in [-0.2, 0) is 70.5 Å². The summed E-state index contributed by atoms with van der Waals surface area (Å²) in [6.45, 7) is 8.16. The Kier molecular flexibility index (Phi) is 31.7. The van der Waals surface area contributed by atoms with E-state index in [1.165, 1.54) is 11.1 Å². The van der Waals surface area contributed by atoms with Crippen molar-refractivity contribution in [2.45, 2.75) is 27.7 Å². The van der Waals surface area contributed by atoms with Gasteiger partial charge in [0.25, 0.3) is 0 Å². The Balaban J connectivity index is 0. The van der Waals surface area contributed by atoms with Crippen LogP contribution in [0.2, 0.25) is 0 Å². The summed E-state index contributed by atoms with van der Waals surface area (Å²) < 4.78 is 0. The molecular weight excluding hydrogens is 880 g/mol. The molecule has 0 N–H and O–H groups in total. The minimum atomic E-state index is 0. The number of benzene rings is 2. The molecule has 2 aliphatic carbocycles. The maximum absolute atomic E-state index is 4.53. The predicted molar refractivity (Wildman–Crippen MR) is 183 cm³/mol. The van der Waals surface area contributed by atoms with Gasteiger partial charge in [-0.05, 0) is 38.6 Å². The molecule has 1 saturated carbocycles. The van der Waals surface area contributed by atoms with Gasteiger partial charge in [0.15, 0.2) is 0 Å². The van der Waals surface area contributed by atoms with Crippen LogP contribution in [0.15, 0.2) is 144 Å². The summed E-state index contributed by atoms with van der Waals surface area (Å²) in [5.41, 5.74) is 7.57. The number of aryl methyl sites for hydroxylation is 2. The van der Waals surface area contributed by atoms with E-state index in [9.17, 15) is 0 Å². The monoisotopic (exact) mass is 914 g/mol. The van der Waals surface area contributed by atoms with Crippen LogP contribution in [0.5, 0.6) is 0 Å². The van der Waals surface area contributed by atoms with E-state index in [0.29, 0.717) is 0 Å². The van der Waals surface area contributed by atoms with Gasteiger partial charge in [0.1, 0.15) is 0 Å². The molecule has 2 aliphatic rings. The van der Waals surface area contributed by atoms with Gasteiger partial charge in [-0.25, -0.2) is 36.4 Å². The van der Waals surface area contributed by atoms with Crippen LogP contribution < -0.4 is 0 Å². The Morgan fingerprint density at radius 1 is 0.761 bits per heavy atom. The number of allylic oxidation sites excluding steroid dienone is 6. The first kappa shape index (κ1) is 46.9. The number of halogens is 2. The Labute approximate surface area is 329 Å². The summed E-state index contributed by atoms with van der Waals surface area (Å²) in [7, 11) is 8.98. The number of nitrogens with zero attached hydrogens (tertiary/aromatic N) is 2. The number of hydrogen-bond acceptors (Lipinski definition) is 1. The van der Waals surface area contributed by atoms with E-state index in [1.54, 1.807) is 0 Å². The zero-order chi connectivity index (χ0) is 32.4. The molecule has 0 bridgehead atoms. The second-order valence-corrected chi connectivity index (χ2v) is 9.16. The molecule has 1 fully saturated rings. The van der Waals surface area contributed by atoms with Gasteiger partial charge in [-0.3, -0.25) is 4.99 Å². The van der Waals surface area contributed by atoms with Crippen molar-refractivity contribution in [1.29, 1.82) is 0 Å². The van der Waals surface area contributed by atoms with Crippen molar-refractivity contribution in [3.05, 3.63) is 193 Å². The van der Waals surface area contributed by atoms with Gasteiger partial charge in [0.2, 0.25) is 0 Å². The standard InChI is InChI=1S/2C14H13N.2C5H5.2ClH.2Fe.2Pd/c2*1-11-7-9-14(10-8-11)15-12(2)13-5-3-4-6-13;2*1-2-4-5-3-1;;;;;;/h2*3-5,7-10H,1-2H3;2*1-5H;2*1H;;;;/q2*-2;2*-1;;;4*+2/p-2/b13-12-;;;;;;;;;. The Morgan fingerprint density at radius 3 is 1.65 bits per heavy atom. The molecule has 0 unspecified atom stereocenters. The topological polar surface area (TPSA) is 26.5 Å². The molecule has 0 saturated heterocycles. The van der Waals surface area contributed by atoms with Crippen LogP contribution in [-0.4, -0.2) is 5.71 Å². The summed E-state index contributed by atoms with van der Waals surface area (Å²) >= 11 is 4.44. The molecule has 0 aliphatic heterocycles. The van der Waals surface area contributed by atoms with Crippen LogP contribution in [0, 0.1) is 51.5 Å². The summed E-state index contributed by atoms with van der Waals surface area (Å²) in [5, 5.41) is 4.53. The number of hydrogen-bond donors (Lipinski definition) is 0. The molecular formula is C38H36Cl2Fe2N2Pd2. The van der Waals surface area contributed by atoms with Gasteiger partial charge >= 0.3 is 89.6 Å². The average Bonchev–Trinajstić information content (AvgIpc) is 3.91. The molecule has 0 amide bonds. The Morgan fingerprint density at radius 2 is 1.26 bits per heavy atom. The summed E-state index contributed by atoms with van der Waals surface area (Å²) in [4.78, 5) is 4.53. The molecule has 0 atom stereocenters. The summed E-state index contributed by atoms with van der Waals surface area (Å²) in [6.07, 6.45) is 18.1. The molecule has 4 aromatic carbocycles. The van der Waals surface area contributed by atoms with Crippen molar-refractivity contribution in [2.24, 2.45) is 4.99 Å². The van der Waals surface area contributed by atoms with Gasteiger partial charge in [0.05, 0.1) is 5.69 Å². The normalized spacial score (nSPS) is 13.6. The fourth-order valence-corrected chi connectivity index (χ4v) is 3.50. The molecule has 2 nitrogen and oxygen atoms in total. The molecule has 0 spiro atoms. The van der Waals surface area contributed by atoms with E-state index in [0.717, 1.165) is 34.3 Å². The van der Waals surface area contributed by atoms with Crippen molar-refractivity contribution in [3.8, 4) is 0 Å². The third kappa shape index (κ3) is 21.6. The fourth-order valence-electron chi connectivity index (χ4n) is 3.50. The SMILES string of the molecule is C/C([N-]c1ccc(C)cc1)=C1/[C-]=CC=C1.CC(=Nc1ccc(C)cc1)[C]1[C-][CH][CH-][CH]1.[Cl][Pd+].[Cl][Pd+].[Fe+2].[Fe+2].c1cc[cH-]c1.c1cc[cH-]c1. The van der Waals surface area contributed by atoms with E-state index < -0.39 is 0 Å². The van der Waals surface area contributed by atoms with E-state index in [4.69, 9.17) is 0 Å². The van der Waals surface area contributed by atoms with Gasteiger partial charge in [0, 0.05) is 0 Å². The largest absolute Gasteiger partial charge is 2.00 e. The van der Waals surface area contributed by atoms with Crippen LogP contribution >= 0.6 is 19.1 Å². The van der Waals surface area contributed by atoms with E-state index in [1.807, 2.05) is 136 Å². The minimum absolute atomic E-state index is 0. The van der Waals surface area contributed by atoms with Crippen LogP contribution in [0.1, 0.15) is 25.0 Å². The molecule has 4 radical (unpaired) electrons. The first-order chi connectivity index (χ1) is 21.5. The molecule has 4 aromatic rings. The number of rotatable bonds is 4. The van der Waals surface area contributed by atoms with Crippen molar-refractivity contribution in [3.63, 3.8) is 0 Å². The molecule has 8 heteroatoms.